The third-order valence-corrected chi connectivity index (χ3v) is 9.60. The molecule has 0 amide bonds. The molecule has 6 aromatic heterocycles. The molecule has 2 aliphatic carbocycles. The van der Waals surface area contributed by atoms with E-state index in [1.54, 1.807) is 13.3 Å². The Bertz CT molecular complexity index is 2280. The zero-order valence-electron chi connectivity index (χ0n) is 25.4. The van der Waals surface area contributed by atoms with Gasteiger partial charge in [-0.2, -0.15) is 31.6 Å². The number of rotatable bonds is 5. The molecule has 4 N–H and O–H groups in total. The van der Waals surface area contributed by atoms with Gasteiger partial charge in [-0.3, -0.25) is 0 Å². The fourth-order valence-corrected chi connectivity index (χ4v) is 6.92. The van der Waals surface area contributed by atoms with E-state index in [-0.39, 0.29) is 17.9 Å². The van der Waals surface area contributed by atoms with Gasteiger partial charge in [0.25, 0.3) is 5.88 Å². The Morgan fingerprint density at radius 2 is 1.15 bits per heavy atom. The van der Waals surface area contributed by atoms with Crippen LogP contribution in [0.15, 0.2) is 24.5 Å². The van der Waals surface area contributed by atoms with E-state index >= 15 is 0 Å². The monoisotopic (exact) mass is 686 g/mol. The molecule has 20 heteroatoms. The van der Waals surface area contributed by atoms with E-state index in [1.165, 1.54) is 19.0 Å². The number of nitrogen functional groups attached to an aromatic ring is 2. The maximum absolute atomic E-state index is 12.5. The summed E-state index contributed by atoms with van der Waals surface area (Å²) in [7, 11) is -4.27. The van der Waals surface area contributed by atoms with Gasteiger partial charge in [-0.15, -0.1) is 20.4 Å². The second-order valence-corrected chi connectivity index (χ2v) is 13.1. The van der Waals surface area contributed by atoms with E-state index in [2.05, 4.69) is 49.1 Å². The number of aromatic nitrogens is 10. The Labute approximate surface area is 269 Å². The summed E-state index contributed by atoms with van der Waals surface area (Å²) in [5.41, 5.74) is 8.37. The molecule has 6 aromatic rings. The molecule has 0 aromatic carbocycles. The molecule has 16 nitrogen and oxygen atoms in total. The lowest BCUT2D eigenvalue weighted by Crippen LogP contribution is -2.28. The van der Waals surface area contributed by atoms with Crippen LogP contribution in [-0.2, 0) is 10.1 Å². The minimum absolute atomic E-state index is 0.0358. The number of halogens is 3. The third-order valence-electron chi connectivity index (χ3n) is 8.64. The van der Waals surface area contributed by atoms with E-state index in [4.69, 9.17) is 16.2 Å². The van der Waals surface area contributed by atoms with Crippen molar-refractivity contribution in [1.29, 1.82) is 0 Å². The maximum Gasteiger partial charge on any atom is 0.534 e. The summed E-state index contributed by atoms with van der Waals surface area (Å²) in [5.74, 6) is 0.0185. The van der Waals surface area contributed by atoms with Crippen LogP contribution in [0.25, 0.3) is 44.1 Å². The van der Waals surface area contributed by atoms with Gasteiger partial charge >= 0.3 is 15.6 Å². The quantitative estimate of drug-likeness (QED) is 0.190. The van der Waals surface area contributed by atoms with Crippen LogP contribution in [0, 0.1) is 0 Å². The number of alkyl halides is 3. The zero-order valence-corrected chi connectivity index (χ0v) is 26.2. The summed E-state index contributed by atoms with van der Waals surface area (Å²) in [6, 6.07) is 3.45. The summed E-state index contributed by atoms with van der Waals surface area (Å²) in [4.78, 5) is 16.7. The largest absolute Gasteiger partial charge is 0.534 e. The van der Waals surface area contributed by atoms with Crippen LogP contribution in [0.3, 0.4) is 0 Å². The molecule has 0 spiro atoms. The molecule has 48 heavy (non-hydrogen) atoms. The molecule has 0 aliphatic heterocycles. The van der Waals surface area contributed by atoms with Gasteiger partial charge in [0.1, 0.15) is 11.3 Å². The number of hydrogen-bond donors (Lipinski definition) is 2. The van der Waals surface area contributed by atoms with Crippen molar-refractivity contribution < 1.29 is 30.5 Å². The number of ether oxygens (including phenoxy) is 1. The van der Waals surface area contributed by atoms with Gasteiger partial charge in [0.05, 0.1) is 7.11 Å². The molecule has 2 aliphatic rings. The first-order chi connectivity index (χ1) is 22.9. The molecular formula is C28H29F3N12O4S. The summed E-state index contributed by atoms with van der Waals surface area (Å²) < 4.78 is 73.3. The van der Waals surface area contributed by atoms with E-state index in [0.29, 0.717) is 34.0 Å². The molecule has 0 atom stereocenters. The smallest absolute Gasteiger partial charge is 0.480 e. The molecule has 0 radical (unpaired) electrons. The first-order valence-corrected chi connectivity index (χ1v) is 16.5. The molecule has 6 heterocycles. The molecule has 2 saturated carbocycles. The van der Waals surface area contributed by atoms with Gasteiger partial charge in [-0.25, -0.2) is 9.97 Å². The van der Waals surface area contributed by atoms with Crippen molar-refractivity contribution in [3.8, 4) is 11.8 Å². The standard InChI is InChI=1S/C14H13F3N6O3S.C14H16N6O/c15-14(16,17)27(24,25)26-10-5-8-9-6-19-13(18)20-11(9)23(12(8)22-21-10)7-3-1-2-4-7;1-21-11-6-9-10-7-16-14(15)17-12(10)20(13(9)19-18-11)8-4-2-3-5-8/h5-7H,1-4H2,(H2,18,19,20);6-8H,2-5H2,1H3,(H2,15,16,17). The van der Waals surface area contributed by atoms with Crippen molar-refractivity contribution >= 4 is 66.1 Å². The molecular weight excluding hydrogens is 657 g/mol. The van der Waals surface area contributed by atoms with Crippen LogP contribution in [0.1, 0.15) is 63.5 Å². The predicted molar refractivity (Wildman–Crippen MR) is 167 cm³/mol. The topological polar surface area (TPSA) is 218 Å². The van der Waals surface area contributed by atoms with Crippen LogP contribution in [0.4, 0.5) is 25.1 Å². The number of nitrogens with two attached hydrogens (primary N) is 2. The lowest BCUT2D eigenvalue weighted by Gasteiger charge is -2.13. The van der Waals surface area contributed by atoms with Crippen LogP contribution in [-0.4, -0.2) is 70.5 Å². The summed E-state index contributed by atoms with van der Waals surface area (Å²) in [5, 5.41) is 18.6. The molecule has 0 saturated heterocycles. The highest BCUT2D eigenvalue weighted by molar-refractivity contribution is 7.87. The van der Waals surface area contributed by atoms with Gasteiger partial charge in [0, 0.05) is 58.2 Å². The lowest BCUT2D eigenvalue weighted by molar-refractivity contribution is -0.0501. The van der Waals surface area contributed by atoms with Crippen molar-refractivity contribution in [2.45, 2.75) is 69.0 Å². The Morgan fingerprint density at radius 3 is 1.58 bits per heavy atom. The van der Waals surface area contributed by atoms with Gasteiger partial charge in [-0.1, -0.05) is 25.7 Å². The minimum atomic E-state index is -5.85. The van der Waals surface area contributed by atoms with Gasteiger partial charge < -0.3 is 29.5 Å². The highest BCUT2D eigenvalue weighted by atomic mass is 32.2. The Hall–Kier alpha value is -5.14. The van der Waals surface area contributed by atoms with Gasteiger partial charge in [0.2, 0.25) is 17.8 Å². The van der Waals surface area contributed by atoms with Crippen molar-refractivity contribution in [3.05, 3.63) is 24.5 Å². The third kappa shape index (κ3) is 5.48. The summed E-state index contributed by atoms with van der Waals surface area (Å²) >= 11 is 0. The fourth-order valence-electron chi connectivity index (χ4n) is 6.52. The first-order valence-electron chi connectivity index (χ1n) is 15.1. The van der Waals surface area contributed by atoms with Gasteiger partial charge in [0.15, 0.2) is 11.3 Å². The molecule has 252 valence electrons. The Balaban J connectivity index is 0.000000156. The number of nitrogens with zero attached hydrogens (tertiary/aromatic N) is 10. The van der Waals surface area contributed by atoms with Crippen molar-refractivity contribution in [1.82, 2.24) is 49.5 Å². The fraction of sp³-hybridized carbons (Fsp3) is 0.429. The first kappa shape index (κ1) is 31.5. The van der Waals surface area contributed by atoms with E-state index in [9.17, 15) is 21.6 Å². The highest BCUT2D eigenvalue weighted by Gasteiger charge is 2.49. The highest BCUT2D eigenvalue weighted by Crippen LogP contribution is 2.39. The summed E-state index contributed by atoms with van der Waals surface area (Å²) in [6.45, 7) is 0. The lowest BCUT2D eigenvalue weighted by atomic mass is 10.2. The van der Waals surface area contributed by atoms with Crippen molar-refractivity contribution in [2.75, 3.05) is 18.6 Å². The average molecular weight is 687 g/mol. The number of methoxy groups -OCH3 is 1. The van der Waals surface area contributed by atoms with E-state index < -0.39 is 21.5 Å². The van der Waals surface area contributed by atoms with Crippen LogP contribution in [0.2, 0.25) is 0 Å². The van der Waals surface area contributed by atoms with Crippen LogP contribution >= 0.6 is 0 Å². The molecule has 0 unspecified atom stereocenters. The Morgan fingerprint density at radius 1 is 0.708 bits per heavy atom. The molecule has 8 rings (SSSR count). The van der Waals surface area contributed by atoms with E-state index in [1.807, 2.05) is 10.6 Å². The summed E-state index contributed by atoms with van der Waals surface area (Å²) in [6.07, 6.45) is 11.7. The molecule has 0 bridgehead atoms. The SMILES string of the molecule is COc1cc2c3cnc(N)nc3n(C3CCCC3)c2nn1.Nc1ncc2c3cc(OS(=O)(=O)C(F)(F)F)nnc3n(C3CCCC3)c2n1. The van der Waals surface area contributed by atoms with Crippen molar-refractivity contribution in [2.24, 2.45) is 0 Å². The minimum Gasteiger partial charge on any atom is -0.480 e. The number of anilines is 2. The number of hydrogen-bond acceptors (Lipinski definition) is 14. The second kappa shape index (κ2) is 11.8. The molecule has 2 fully saturated rings. The predicted octanol–water partition coefficient (Wildman–Crippen LogP) is 4.38. The number of fused-ring (bicyclic) bond motifs is 6. The van der Waals surface area contributed by atoms with Crippen LogP contribution < -0.4 is 20.4 Å². The van der Waals surface area contributed by atoms with Crippen molar-refractivity contribution in [3.63, 3.8) is 0 Å². The average Bonchev–Trinajstić information content (AvgIpc) is 3.85. The van der Waals surface area contributed by atoms with Gasteiger partial charge in [-0.05, 0) is 25.7 Å². The zero-order chi connectivity index (χ0) is 33.8. The second-order valence-electron chi connectivity index (χ2n) is 11.6. The van der Waals surface area contributed by atoms with Crippen LogP contribution in [0.5, 0.6) is 11.8 Å². The maximum atomic E-state index is 12.5. The van der Waals surface area contributed by atoms with E-state index in [0.717, 1.165) is 66.7 Å². The normalized spacial score (nSPS) is 16.2. The Kier molecular flexibility index (Phi) is 7.75.